The molecule has 392 valence electrons. The third-order valence-electron chi connectivity index (χ3n) is 14.2. The van der Waals surface area contributed by atoms with Crippen molar-refractivity contribution in [3.63, 3.8) is 0 Å². The number of unbranched alkanes of at least 4 members (excludes halogenated alkanes) is 41. The highest BCUT2D eigenvalue weighted by Crippen LogP contribution is 2.19. The molecule has 0 rings (SSSR count). The van der Waals surface area contributed by atoms with Gasteiger partial charge in [-0.2, -0.15) is 0 Å². The SMILES string of the molecule is CCCCCCCCCCCCCCCCCCCCCC(=O)OC[C@@H](COC(=O)CCCCCCCCCCC(C)CC)OC(=O)CCCCCCCCCCCCCCCCCCC. The Morgan fingerprint density at radius 1 is 0.303 bits per heavy atom. The molecule has 0 aromatic rings. The number of esters is 3. The molecule has 0 aromatic heterocycles. The lowest BCUT2D eigenvalue weighted by atomic mass is 9.99. The van der Waals surface area contributed by atoms with E-state index in [2.05, 4.69) is 27.7 Å². The van der Waals surface area contributed by atoms with Crippen molar-refractivity contribution in [2.75, 3.05) is 13.2 Å². The summed E-state index contributed by atoms with van der Waals surface area (Å²) in [6, 6.07) is 0. The van der Waals surface area contributed by atoms with Gasteiger partial charge in [0, 0.05) is 19.3 Å². The van der Waals surface area contributed by atoms with Crippen LogP contribution in [0.4, 0.5) is 0 Å². The van der Waals surface area contributed by atoms with Gasteiger partial charge in [-0.25, -0.2) is 0 Å². The monoisotopic (exact) mass is 933 g/mol. The van der Waals surface area contributed by atoms with Gasteiger partial charge in [0.25, 0.3) is 0 Å². The van der Waals surface area contributed by atoms with Gasteiger partial charge in [-0.3, -0.25) is 14.4 Å². The van der Waals surface area contributed by atoms with Crippen molar-refractivity contribution in [3.05, 3.63) is 0 Å². The van der Waals surface area contributed by atoms with Crippen LogP contribution in [0.25, 0.3) is 0 Å². The second-order valence-corrected chi connectivity index (χ2v) is 20.9. The zero-order valence-electron chi connectivity index (χ0n) is 45.2. The molecule has 0 aliphatic carbocycles. The molecular weight excluding hydrogens is 817 g/mol. The maximum Gasteiger partial charge on any atom is 0.306 e. The van der Waals surface area contributed by atoms with Gasteiger partial charge in [-0.1, -0.05) is 304 Å². The molecule has 0 bridgehead atoms. The van der Waals surface area contributed by atoms with Crippen molar-refractivity contribution in [1.29, 1.82) is 0 Å². The summed E-state index contributed by atoms with van der Waals surface area (Å²) in [5, 5.41) is 0. The highest BCUT2D eigenvalue weighted by molar-refractivity contribution is 5.71. The normalized spacial score (nSPS) is 12.4. The Hall–Kier alpha value is -1.59. The minimum atomic E-state index is -0.762. The molecule has 0 spiro atoms. The van der Waals surface area contributed by atoms with Crippen LogP contribution in [-0.4, -0.2) is 37.2 Å². The Balaban J connectivity index is 4.26. The van der Waals surface area contributed by atoms with E-state index in [-0.39, 0.29) is 31.1 Å². The van der Waals surface area contributed by atoms with Crippen molar-refractivity contribution >= 4 is 17.9 Å². The molecule has 0 aliphatic heterocycles. The number of hydrogen-bond donors (Lipinski definition) is 0. The van der Waals surface area contributed by atoms with Gasteiger partial charge in [-0.15, -0.1) is 0 Å². The van der Waals surface area contributed by atoms with Gasteiger partial charge in [-0.05, 0) is 25.2 Å². The van der Waals surface area contributed by atoms with Crippen LogP contribution in [0.2, 0.25) is 0 Å². The zero-order valence-corrected chi connectivity index (χ0v) is 45.2. The standard InChI is InChI=1S/C60H116O6/c1-5-8-10-12-14-16-18-20-22-24-25-27-28-30-32-34-39-43-47-51-58(61)64-54-57(55-65-59(62)52-48-44-40-37-36-38-42-46-50-56(4)7-3)66-60(63)53-49-45-41-35-33-31-29-26-23-21-19-17-15-13-11-9-6-2/h56-57H,5-55H2,1-4H3/t56?,57-/m0/s1. The molecule has 0 aromatic carbocycles. The first-order chi connectivity index (χ1) is 32.4. The minimum absolute atomic E-state index is 0.0621. The summed E-state index contributed by atoms with van der Waals surface area (Å²) in [7, 11) is 0. The van der Waals surface area contributed by atoms with Crippen molar-refractivity contribution in [1.82, 2.24) is 0 Å². The number of hydrogen-bond acceptors (Lipinski definition) is 6. The Labute approximate surface area is 412 Å². The molecule has 2 atom stereocenters. The van der Waals surface area contributed by atoms with Crippen molar-refractivity contribution in [2.45, 2.75) is 348 Å². The van der Waals surface area contributed by atoms with E-state index < -0.39 is 6.10 Å². The molecule has 6 heteroatoms. The molecule has 0 N–H and O–H groups in total. The van der Waals surface area contributed by atoms with Crippen LogP contribution in [0.3, 0.4) is 0 Å². The lowest BCUT2D eigenvalue weighted by molar-refractivity contribution is -0.167. The van der Waals surface area contributed by atoms with E-state index in [1.165, 1.54) is 238 Å². The van der Waals surface area contributed by atoms with E-state index in [4.69, 9.17) is 14.2 Å². The summed E-state index contributed by atoms with van der Waals surface area (Å²) in [4.78, 5) is 38.2. The maximum absolute atomic E-state index is 12.9. The van der Waals surface area contributed by atoms with E-state index in [1.54, 1.807) is 0 Å². The van der Waals surface area contributed by atoms with E-state index in [1.807, 2.05) is 0 Å². The summed E-state index contributed by atoms with van der Waals surface area (Å²) in [5.41, 5.74) is 0. The van der Waals surface area contributed by atoms with Crippen LogP contribution >= 0.6 is 0 Å². The smallest absolute Gasteiger partial charge is 0.306 e. The lowest BCUT2D eigenvalue weighted by Gasteiger charge is -2.18. The highest BCUT2D eigenvalue weighted by atomic mass is 16.6. The number of ether oxygens (including phenoxy) is 3. The quantitative estimate of drug-likeness (QED) is 0.0343. The number of carbonyl (C=O) groups is 3. The second kappa shape index (κ2) is 54.4. The fourth-order valence-electron chi connectivity index (χ4n) is 9.25. The molecule has 0 radical (unpaired) electrons. The number of carbonyl (C=O) groups excluding carboxylic acids is 3. The Kier molecular flexibility index (Phi) is 53.0. The molecule has 6 nitrogen and oxygen atoms in total. The fourth-order valence-corrected chi connectivity index (χ4v) is 9.25. The first-order valence-corrected chi connectivity index (χ1v) is 29.9. The van der Waals surface area contributed by atoms with Crippen LogP contribution in [0.15, 0.2) is 0 Å². The molecule has 0 aliphatic rings. The number of rotatable bonds is 55. The largest absolute Gasteiger partial charge is 0.462 e. The summed E-state index contributed by atoms with van der Waals surface area (Å²) in [6.45, 7) is 9.07. The predicted molar refractivity (Wildman–Crippen MR) is 284 cm³/mol. The summed E-state index contributed by atoms with van der Waals surface area (Å²) in [6.07, 6.45) is 59.5. The van der Waals surface area contributed by atoms with Gasteiger partial charge in [0.1, 0.15) is 13.2 Å². The van der Waals surface area contributed by atoms with Gasteiger partial charge in [0.15, 0.2) is 6.10 Å². The minimum Gasteiger partial charge on any atom is -0.462 e. The molecule has 1 unspecified atom stereocenters. The molecule has 0 heterocycles. The second-order valence-electron chi connectivity index (χ2n) is 20.9. The summed E-state index contributed by atoms with van der Waals surface area (Å²) >= 11 is 0. The van der Waals surface area contributed by atoms with Crippen LogP contribution in [0.5, 0.6) is 0 Å². The first kappa shape index (κ1) is 64.4. The van der Waals surface area contributed by atoms with E-state index >= 15 is 0 Å². The molecule has 66 heavy (non-hydrogen) atoms. The molecular formula is C60H116O6. The third-order valence-corrected chi connectivity index (χ3v) is 14.2. The van der Waals surface area contributed by atoms with Gasteiger partial charge < -0.3 is 14.2 Å². The highest BCUT2D eigenvalue weighted by Gasteiger charge is 2.19. The van der Waals surface area contributed by atoms with Gasteiger partial charge in [0.2, 0.25) is 0 Å². The van der Waals surface area contributed by atoms with Crippen LogP contribution in [0, 0.1) is 5.92 Å². The van der Waals surface area contributed by atoms with Gasteiger partial charge in [0.05, 0.1) is 0 Å². The molecule has 0 fully saturated rings. The topological polar surface area (TPSA) is 78.9 Å². The fraction of sp³-hybridized carbons (Fsp3) is 0.950. The van der Waals surface area contributed by atoms with Crippen LogP contribution in [-0.2, 0) is 28.6 Å². The van der Waals surface area contributed by atoms with Crippen molar-refractivity contribution in [3.8, 4) is 0 Å². The summed E-state index contributed by atoms with van der Waals surface area (Å²) in [5.74, 6) is 0.0121. The first-order valence-electron chi connectivity index (χ1n) is 29.9. The molecule has 0 saturated carbocycles. The Morgan fingerprint density at radius 2 is 0.530 bits per heavy atom. The van der Waals surface area contributed by atoms with E-state index in [0.29, 0.717) is 19.3 Å². The van der Waals surface area contributed by atoms with Crippen molar-refractivity contribution in [2.24, 2.45) is 5.92 Å². The Morgan fingerprint density at radius 3 is 0.788 bits per heavy atom. The van der Waals surface area contributed by atoms with E-state index in [0.717, 1.165) is 63.7 Å². The Bertz CT molecular complexity index is 998. The van der Waals surface area contributed by atoms with E-state index in [9.17, 15) is 14.4 Å². The van der Waals surface area contributed by atoms with Crippen LogP contribution < -0.4 is 0 Å². The van der Waals surface area contributed by atoms with Gasteiger partial charge >= 0.3 is 17.9 Å². The van der Waals surface area contributed by atoms with Crippen LogP contribution in [0.1, 0.15) is 342 Å². The zero-order chi connectivity index (χ0) is 48.1. The average Bonchev–Trinajstić information content (AvgIpc) is 3.32. The van der Waals surface area contributed by atoms with Crippen molar-refractivity contribution < 1.29 is 28.6 Å². The molecule has 0 saturated heterocycles. The maximum atomic E-state index is 12.9. The predicted octanol–water partition coefficient (Wildman–Crippen LogP) is 19.8. The lowest BCUT2D eigenvalue weighted by Crippen LogP contribution is -2.30. The third kappa shape index (κ3) is 51.8. The average molecular weight is 934 g/mol. The molecule has 0 amide bonds. The summed E-state index contributed by atoms with van der Waals surface area (Å²) < 4.78 is 16.9.